The van der Waals surface area contributed by atoms with Crippen molar-refractivity contribution in [2.24, 2.45) is 0 Å². The number of hydrogen-bond acceptors (Lipinski definition) is 3. The molecule has 0 unspecified atom stereocenters. The summed E-state index contributed by atoms with van der Waals surface area (Å²) in [6.45, 7) is 0. The van der Waals surface area contributed by atoms with Crippen LogP contribution in [0.1, 0.15) is 0 Å². The van der Waals surface area contributed by atoms with Crippen LogP contribution in [0.25, 0.3) is 10.9 Å². The maximum Gasteiger partial charge on any atom is 0.306 e. The van der Waals surface area contributed by atoms with Gasteiger partial charge in [0.1, 0.15) is 28.4 Å². The highest BCUT2D eigenvalue weighted by atomic mass is 35.5. The van der Waals surface area contributed by atoms with Gasteiger partial charge in [0.2, 0.25) is 0 Å². The van der Waals surface area contributed by atoms with Gasteiger partial charge >= 0.3 is 5.69 Å². The molecule has 0 spiro atoms. The van der Waals surface area contributed by atoms with Gasteiger partial charge < -0.3 is 0 Å². The second kappa shape index (κ2) is 3.64. The second-order valence-corrected chi connectivity index (χ2v) is 3.35. The van der Waals surface area contributed by atoms with Gasteiger partial charge in [-0.2, -0.15) is 0 Å². The van der Waals surface area contributed by atoms with Gasteiger partial charge in [-0.05, 0) is 12.1 Å². The first-order valence-electron chi connectivity index (χ1n) is 4.09. The number of fused-ring (bicyclic) bond motifs is 1. The fourth-order valence-electron chi connectivity index (χ4n) is 1.31. The molecule has 7 heteroatoms. The fourth-order valence-corrected chi connectivity index (χ4v) is 1.61. The monoisotopic (exact) mass is 244 g/mol. The third-order valence-electron chi connectivity index (χ3n) is 2.03. The Bertz CT molecular complexity index is 604. The lowest BCUT2D eigenvalue weighted by atomic mass is 10.2. The summed E-state index contributed by atoms with van der Waals surface area (Å²) in [5.41, 5.74) is -0.880. The van der Waals surface area contributed by atoms with Crippen LogP contribution in [-0.4, -0.2) is 9.91 Å². The molecule has 1 aromatic heterocycles. The van der Waals surface area contributed by atoms with Gasteiger partial charge in [-0.1, -0.05) is 11.6 Å². The van der Waals surface area contributed by atoms with Crippen LogP contribution in [0.15, 0.2) is 18.3 Å². The SMILES string of the molecule is O=[N+]([O-])c1cnc2c(F)ccc(F)c2c1Cl. The van der Waals surface area contributed by atoms with Crippen LogP contribution in [0.2, 0.25) is 5.02 Å². The zero-order chi connectivity index (χ0) is 11.9. The van der Waals surface area contributed by atoms with E-state index in [1.54, 1.807) is 0 Å². The summed E-state index contributed by atoms with van der Waals surface area (Å²) in [6, 6.07) is 1.72. The molecule has 0 fully saturated rings. The van der Waals surface area contributed by atoms with Crippen LogP contribution in [0.3, 0.4) is 0 Å². The van der Waals surface area contributed by atoms with Crippen molar-refractivity contribution in [3.8, 4) is 0 Å². The van der Waals surface area contributed by atoms with Gasteiger partial charge in [-0.25, -0.2) is 13.8 Å². The number of nitro groups is 1. The number of nitrogens with zero attached hydrogens (tertiary/aromatic N) is 2. The first-order chi connectivity index (χ1) is 7.52. The lowest BCUT2D eigenvalue weighted by Crippen LogP contribution is -1.95. The van der Waals surface area contributed by atoms with E-state index in [-0.39, 0.29) is 10.9 Å². The molecule has 0 saturated heterocycles. The molecule has 1 heterocycles. The van der Waals surface area contributed by atoms with E-state index in [0.29, 0.717) is 0 Å². The van der Waals surface area contributed by atoms with Crippen LogP contribution < -0.4 is 0 Å². The Morgan fingerprint density at radius 1 is 1.31 bits per heavy atom. The van der Waals surface area contributed by atoms with Crippen LogP contribution in [0, 0.1) is 21.7 Å². The van der Waals surface area contributed by atoms with Crippen molar-refractivity contribution in [1.82, 2.24) is 4.98 Å². The lowest BCUT2D eigenvalue weighted by Gasteiger charge is -2.02. The fraction of sp³-hybridized carbons (Fsp3) is 0. The normalized spacial score (nSPS) is 10.7. The van der Waals surface area contributed by atoms with Crippen molar-refractivity contribution < 1.29 is 13.7 Å². The molecule has 0 aliphatic rings. The Morgan fingerprint density at radius 3 is 2.56 bits per heavy atom. The molecule has 0 atom stereocenters. The van der Waals surface area contributed by atoms with E-state index in [2.05, 4.69) is 4.98 Å². The zero-order valence-corrected chi connectivity index (χ0v) is 8.33. The molecule has 0 radical (unpaired) electrons. The van der Waals surface area contributed by atoms with Crippen molar-refractivity contribution in [3.63, 3.8) is 0 Å². The predicted octanol–water partition coefficient (Wildman–Crippen LogP) is 3.07. The maximum atomic E-state index is 13.4. The highest BCUT2D eigenvalue weighted by Gasteiger charge is 2.20. The van der Waals surface area contributed by atoms with Gasteiger partial charge in [-0.3, -0.25) is 10.1 Å². The zero-order valence-electron chi connectivity index (χ0n) is 7.58. The summed E-state index contributed by atoms with van der Waals surface area (Å²) in [5.74, 6) is -1.63. The number of halogens is 3. The minimum atomic E-state index is -0.849. The summed E-state index contributed by atoms with van der Waals surface area (Å²) >= 11 is 5.63. The molecule has 4 nitrogen and oxygen atoms in total. The Balaban J connectivity index is 2.94. The van der Waals surface area contributed by atoms with E-state index in [4.69, 9.17) is 11.6 Å². The smallest absolute Gasteiger partial charge is 0.258 e. The van der Waals surface area contributed by atoms with Gasteiger partial charge in [0.25, 0.3) is 0 Å². The largest absolute Gasteiger partial charge is 0.306 e. The Morgan fingerprint density at radius 2 is 1.94 bits per heavy atom. The van der Waals surface area contributed by atoms with Gasteiger partial charge in [0.05, 0.1) is 10.3 Å². The van der Waals surface area contributed by atoms with E-state index in [1.165, 1.54) is 0 Å². The molecular formula is C9H3ClF2N2O2. The molecule has 1 aromatic carbocycles. The molecule has 82 valence electrons. The van der Waals surface area contributed by atoms with E-state index in [1.807, 2.05) is 0 Å². The van der Waals surface area contributed by atoms with E-state index < -0.39 is 27.3 Å². The topological polar surface area (TPSA) is 56.0 Å². The Kier molecular flexibility index (Phi) is 2.43. The molecular weight excluding hydrogens is 242 g/mol. The quantitative estimate of drug-likeness (QED) is 0.572. The highest BCUT2D eigenvalue weighted by Crippen LogP contribution is 2.33. The number of hydrogen-bond donors (Lipinski definition) is 0. The lowest BCUT2D eigenvalue weighted by molar-refractivity contribution is -0.384. The Hall–Kier alpha value is -1.82. The average molecular weight is 245 g/mol. The van der Waals surface area contributed by atoms with E-state index in [9.17, 15) is 18.9 Å². The summed E-state index contributed by atoms with van der Waals surface area (Å²) in [5, 5.41) is 9.70. The van der Waals surface area contributed by atoms with Crippen molar-refractivity contribution >= 4 is 28.2 Å². The first-order valence-corrected chi connectivity index (χ1v) is 4.46. The molecule has 0 aliphatic carbocycles. The molecule has 0 bridgehead atoms. The van der Waals surface area contributed by atoms with E-state index >= 15 is 0 Å². The van der Waals surface area contributed by atoms with Gasteiger partial charge in [-0.15, -0.1) is 0 Å². The second-order valence-electron chi connectivity index (χ2n) is 2.97. The highest BCUT2D eigenvalue weighted by molar-refractivity contribution is 6.37. The summed E-state index contributed by atoms with van der Waals surface area (Å²) in [4.78, 5) is 13.2. The molecule has 2 rings (SSSR count). The number of rotatable bonds is 1. The molecule has 0 aliphatic heterocycles. The average Bonchev–Trinajstić information content (AvgIpc) is 2.23. The number of benzene rings is 1. The number of aromatic nitrogens is 1. The van der Waals surface area contributed by atoms with Gasteiger partial charge in [0, 0.05) is 0 Å². The van der Waals surface area contributed by atoms with Crippen molar-refractivity contribution in [2.45, 2.75) is 0 Å². The van der Waals surface area contributed by atoms with Crippen LogP contribution in [-0.2, 0) is 0 Å². The molecule has 0 amide bonds. The standard InChI is InChI=1S/C9H3ClF2N2O2/c10-8-6(14(15)16)3-13-9-5(12)2-1-4(11)7(8)9/h1-3H. The van der Waals surface area contributed by atoms with Crippen LogP contribution in [0.5, 0.6) is 0 Å². The third-order valence-corrected chi connectivity index (χ3v) is 2.42. The number of pyridine rings is 1. The molecule has 16 heavy (non-hydrogen) atoms. The predicted molar refractivity (Wildman–Crippen MR) is 53.3 cm³/mol. The molecule has 0 N–H and O–H groups in total. The minimum Gasteiger partial charge on any atom is -0.258 e. The van der Waals surface area contributed by atoms with Gasteiger partial charge in [0.15, 0.2) is 0 Å². The van der Waals surface area contributed by atoms with Crippen molar-refractivity contribution in [3.05, 3.63) is 45.1 Å². The first kappa shape index (κ1) is 10.7. The summed E-state index contributed by atoms with van der Waals surface area (Å²) < 4.78 is 26.6. The van der Waals surface area contributed by atoms with E-state index in [0.717, 1.165) is 18.3 Å². The van der Waals surface area contributed by atoms with Crippen LogP contribution >= 0.6 is 11.6 Å². The van der Waals surface area contributed by atoms with Crippen molar-refractivity contribution in [2.75, 3.05) is 0 Å². The van der Waals surface area contributed by atoms with Crippen molar-refractivity contribution in [1.29, 1.82) is 0 Å². The molecule has 0 saturated carbocycles. The molecule has 2 aromatic rings. The summed E-state index contributed by atoms with van der Waals surface area (Å²) in [6.07, 6.45) is 0.799. The summed E-state index contributed by atoms with van der Waals surface area (Å²) in [7, 11) is 0. The Labute approximate surface area is 92.6 Å². The minimum absolute atomic E-state index is 0.324. The third kappa shape index (κ3) is 1.47. The van der Waals surface area contributed by atoms with Crippen LogP contribution in [0.4, 0.5) is 14.5 Å². The maximum absolute atomic E-state index is 13.4.